The number of methoxy groups -OCH3 is 1. The summed E-state index contributed by atoms with van der Waals surface area (Å²) >= 11 is 0. The van der Waals surface area contributed by atoms with E-state index in [0.717, 1.165) is 17.0 Å². The van der Waals surface area contributed by atoms with Gasteiger partial charge in [0.25, 0.3) is 0 Å². The molecule has 0 radical (unpaired) electrons. The number of hydrogen-bond donors (Lipinski definition) is 2. The van der Waals surface area contributed by atoms with E-state index >= 15 is 0 Å². The van der Waals surface area contributed by atoms with Crippen LogP contribution in [0.25, 0.3) is 0 Å². The molecule has 0 aliphatic carbocycles. The maximum atomic E-state index is 12.6. The van der Waals surface area contributed by atoms with E-state index in [4.69, 9.17) is 4.74 Å². The number of benzene rings is 2. The van der Waals surface area contributed by atoms with Crippen molar-refractivity contribution in [3.63, 3.8) is 0 Å². The van der Waals surface area contributed by atoms with Crippen molar-refractivity contribution in [2.45, 2.75) is 32.2 Å². The quantitative estimate of drug-likeness (QED) is 0.876. The number of rotatable bonds is 5. The van der Waals surface area contributed by atoms with Gasteiger partial charge in [-0.1, -0.05) is 45.0 Å². The van der Waals surface area contributed by atoms with Gasteiger partial charge in [-0.05, 0) is 47.9 Å². The van der Waals surface area contributed by atoms with Gasteiger partial charge in [0.1, 0.15) is 11.8 Å². The second-order valence-electron chi connectivity index (χ2n) is 6.81. The van der Waals surface area contributed by atoms with Crippen LogP contribution in [-0.2, 0) is 10.2 Å². The zero-order valence-electron chi connectivity index (χ0n) is 15.0. The van der Waals surface area contributed by atoms with Gasteiger partial charge in [-0.2, -0.15) is 0 Å². The number of nitrogens with one attached hydrogen (secondary N) is 2. The first-order chi connectivity index (χ1) is 11.3. The first-order valence-electron chi connectivity index (χ1n) is 8.08. The standard InChI is InChI=1S/C20H26N2O2/c1-20(2,3)15-8-10-16(11-9-15)22-19(23)18(21-4)14-6-12-17(24-5)13-7-14/h6-13,18,21H,1-5H3,(H,22,23)/t18-/m0/s1. The SMILES string of the molecule is CN[C@H](C(=O)Nc1ccc(C(C)(C)C)cc1)c1ccc(OC)cc1. The molecule has 24 heavy (non-hydrogen) atoms. The Kier molecular flexibility index (Phi) is 5.62. The molecule has 128 valence electrons. The van der Waals surface area contributed by atoms with Crippen molar-refractivity contribution in [1.29, 1.82) is 0 Å². The molecule has 0 aliphatic heterocycles. The van der Waals surface area contributed by atoms with Crippen LogP contribution in [0.15, 0.2) is 48.5 Å². The highest BCUT2D eigenvalue weighted by Gasteiger charge is 2.19. The summed E-state index contributed by atoms with van der Waals surface area (Å²) in [4.78, 5) is 12.6. The second kappa shape index (κ2) is 7.49. The summed E-state index contributed by atoms with van der Waals surface area (Å²) in [5.41, 5.74) is 3.02. The van der Waals surface area contributed by atoms with E-state index in [9.17, 15) is 4.79 Å². The fraction of sp³-hybridized carbons (Fsp3) is 0.350. The summed E-state index contributed by atoms with van der Waals surface area (Å²) in [6.07, 6.45) is 0. The van der Waals surface area contributed by atoms with E-state index in [1.165, 1.54) is 5.56 Å². The summed E-state index contributed by atoms with van der Waals surface area (Å²) < 4.78 is 5.16. The van der Waals surface area contributed by atoms with E-state index in [2.05, 4.69) is 43.5 Å². The first-order valence-corrected chi connectivity index (χ1v) is 8.08. The van der Waals surface area contributed by atoms with E-state index in [-0.39, 0.29) is 11.3 Å². The molecule has 0 saturated carbocycles. The molecule has 1 atom stereocenters. The van der Waals surface area contributed by atoms with Crippen LogP contribution in [-0.4, -0.2) is 20.1 Å². The monoisotopic (exact) mass is 326 g/mol. The molecular formula is C20H26N2O2. The Labute approximate surface area is 144 Å². The average molecular weight is 326 g/mol. The summed E-state index contributed by atoms with van der Waals surface area (Å²) in [7, 11) is 3.40. The molecule has 0 fully saturated rings. The Bertz CT molecular complexity index is 670. The normalized spacial score (nSPS) is 12.5. The van der Waals surface area contributed by atoms with E-state index in [1.54, 1.807) is 14.2 Å². The van der Waals surface area contributed by atoms with Gasteiger partial charge in [0.15, 0.2) is 0 Å². The molecule has 0 bridgehead atoms. The van der Waals surface area contributed by atoms with Crippen LogP contribution in [0.4, 0.5) is 5.69 Å². The van der Waals surface area contributed by atoms with E-state index < -0.39 is 6.04 Å². The molecule has 2 N–H and O–H groups in total. The molecule has 0 aliphatic rings. The van der Waals surface area contributed by atoms with Crippen molar-refractivity contribution in [2.75, 3.05) is 19.5 Å². The number of carbonyl (C=O) groups excluding carboxylic acids is 1. The van der Waals surface area contributed by atoms with E-state index in [1.807, 2.05) is 36.4 Å². The Balaban J connectivity index is 2.11. The molecule has 2 aromatic rings. The van der Waals surface area contributed by atoms with Crippen molar-refractivity contribution in [1.82, 2.24) is 5.32 Å². The maximum Gasteiger partial charge on any atom is 0.246 e. The Morgan fingerprint density at radius 3 is 2.04 bits per heavy atom. The number of likely N-dealkylation sites (N-methyl/N-ethyl adjacent to an activating group) is 1. The van der Waals surface area contributed by atoms with Crippen LogP contribution in [0.5, 0.6) is 5.75 Å². The van der Waals surface area contributed by atoms with Crippen molar-refractivity contribution in [3.8, 4) is 5.75 Å². The number of ether oxygens (including phenoxy) is 1. The molecule has 0 saturated heterocycles. The molecule has 0 heterocycles. The van der Waals surface area contributed by atoms with Gasteiger partial charge in [0, 0.05) is 5.69 Å². The smallest absolute Gasteiger partial charge is 0.246 e. The highest BCUT2D eigenvalue weighted by atomic mass is 16.5. The highest BCUT2D eigenvalue weighted by Crippen LogP contribution is 2.24. The Morgan fingerprint density at radius 1 is 1.00 bits per heavy atom. The van der Waals surface area contributed by atoms with Gasteiger partial charge in [-0.3, -0.25) is 4.79 Å². The lowest BCUT2D eigenvalue weighted by Gasteiger charge is -2.20. The number of hydrogen-bond acceptors (Lipinski definition) is 3. The molecular weight excluding hydrogens is 300 g/mol. The van der Waals surface area contributed by atoms with Gasteiger partial charge < -0.3 is 15.4 Å². The predicted octanol–water partition coefficient (Wildman–Crippen LogP) is 3.89. The second-order valence-corrected chi connectivity index (χ2v) is 6.81. The van der Waals surface area contributed by atoms with Crippen LogP contribution in [0.3, 0.4) is 0 Å². The van der Waals surface area contributed by atoms with Gasteiger partial charge in [-0.15, -0.1) is 0 Å². The lowest BCUT2D eigenvalue weighted by molar-refractivity contribution is -0.118. The average Bonchev–Trinajstić information content (AvgIpc) is 2.56. The predicted molar refractivity (Wildman–Crippen MR) is 98.6 cm³/mol. The third kappa shape index (κ3) is 4.36. The zero-order chi connectivity index (χ0) is 17.7. The number of carbonyl (C=O) groups is 1. The minimum atomic E-state index is -0.418. The molecule has 4 nitrogen and oxygen atoms in total. The zero-order valence-corrected chi connectivity index (χ0v) is 15.0. The molecule has 0 spiro atoms. The fourth-order valence-corrected chi connectivity index (χ4v) is 2.51. The van der Waals surface area contributed by atoms with Crippen molar-refractivity contribution < 1.29 is 9.53 Å². The van der Waals surface area contributed by atoms with Gasteiger partial charge >= 0.3 is 0 Å². The molecule has 1 amide bonds. The van der Waals surface area contributed by atoms with Crippen LogP contribution in [0, 0.1) is 0 Å². The minimum absolute atomic E-state index is 0.0915. The Hall–Kier alpha value is -2.33. The summed E-state index contributed by atoms with van der Waals surface area (Å²) in [5.74, 6) is 0.679. The fourth-order valence-electron chi connectivity index (χ4n) is 2.51. The van der Waals surface area contributed by atoms with E-state index in [0.29, 0.717) is 0 Å². The van der Waals surface area contributed by atoms with Crippen LogP contribution < -0.4 is 15.4 Å². The van der Waals surface area contributed by atoms with Gasteiger partial charge in [0.05, 0.1) is 7.11 Å². The third-order valence-corrected chi connectivity index (χ3v) is 4.02. The maximum absolute atomic E-state index is 12.6. The minimum Gasteiger partial charge on any atom is -0.497 e. The molecule has 0 aromatic heterocycles. The molecule has 2 rings (SSSR count). The molecule has 4 heteroatoms. The van der Waals surface area contributed by atoms with Crippen LogP contribution in [0.1, 0.15) is 37.9 Å². The third-order valence-electron chi connectivity index (χ3n) is 4.02. The van der Waals surface area contributed by atoms with Gasteiger partial charge in [-0.25, -0.2) is 0 Å². The van der Waals surface area contributed by atoms with Crippen molar-refractivity contribution in [2.24, 2.45) is 0 Å². The summed E-state index contributed by atoms with van der Waals surface area (Å²) in [6.45, 7) is 6.50. The van der Waals surface area contributed by atoms with Gasteiger partial charge in [0.2, 0.25) is 5.91 Å². The van der Waals surface area contributed by atoms with Crippen molar-refractivity contribution in [3.05, 3.63) is 59.7 Å². The highest BCUT2D eigenvalue weighted by molar-refractivity contribution is 5.95. The number of anilines is 1. The largest absolute Gasteiger partial charge is 0.497 e. The Morgan fingerprint density at radius 2 is 1.58 bits per heavy atom. The summed E-state index contributed by atoms with van der Waals surface area (Å²) in [5, 5.41) is 6.02. The molecule has 0 unspecified atom stereocenters. The first kappa shape index (κ1) is 18.0. The van der Waals surface area contributed by atoms with Crippen LogP contribution >= 0.6 is 0 Å². The molecule has 2 aromatic carbocycles. The van der Waals surface area contributed by atoms with Crippen LogP contribution in [0.2, 0.25) is 0 Å². The lowest BCUT2D eigenvalue weighted by Crippen LogP contribution is -2.30. The lowest BCUT2D eigenvalue weighted by atomic mass is 9.87. The van der Waals surface area contributed by atoms with Crippen molar-refractivity contribution >= 4 is 11.6 Å². The summed E-state index contributed by atoms with van der Waals surface area (Å²) in [6, 6.07) is 15.1. The topological polar surface area (TPSA) is 50.4 Å². The number of amides is 1.